The van der Waals surface area contributed by atoms with Crippen molar-refractivity contribution in [3.05, 3.63) is 50.9 Å². The number of benzene rings is 1. The van der Waals surface area contributed by atoms with Crippen molar-refractivity contribution in [1.29, 1.82) is 0 Å². The molecule has 0 N–H and O–H groups in total. The molecule has 1 aromatic carbocycles. The molecule has 3 rings (SSSR count). The van der Waals surface area contributed by atoms with E-state index in [-0.39, 0.29) is 0 Å². The van der Waals surface area contributed by atoms with E-state index in [9.17, 15) is 0 Å². The maximum Gasteiger partial charge on any atom is 0.125 e. The fourth-order valence-electron chi connectivity index (χ4n) is 2.16. The average Bonchev–Trinajstić information content (AvgIpc) is 2.96. The maximum absolute atomic E-state index is 6.20. The quantitative estimate of drug-likeness (QED) is 0.632. The molecular weight excluding hydrogens is 299 g/mol. The summed E-state index contributed by atoms with van der Waals surface area (Å²) in [5.74, 6) is 1.24. The van der Waals surface area contributed by atoms with Crippen LogP contribution >= 0.6 is 34.5 Å². The third-order valence-electron chi connectivity index (χ3n) is 3.22. The average molecular weight is 311 g/mol. The van der Waals surface area contributed by atoms with Crippen LogP contribution in [0, 0.1) is 6.92 Å². The van der Waals surface area contributed by atoms with E-state index >= 15 is 0 Å². The molecule has 3 aromatic rings. The van der Waals surface area contributed by atoms with Crippen molar-refractivity contribution in [3.63, 3.8) is 0 Å². The number of hydrogen-bond acceptors (Lipinski definition) is 2. The molecule has 98 valence electrons. The lowest BCUT2D eigenvalue weighted by molar-refractivity contribution is 0.777. The van der Waals surface area contributed by atoms with Gasteiger partial charge in [0.05, 0.1) is 23.0 Å². The molecule has 0 radical (unpaired) electrons. The van der Waals surface area contributed by atoms with Gasteiger partial charge in [0.1, 0.15) is 11.3 Å². The van der Waals surface area contributed by atoms with Crippen LogP contribution in [0.4, 0.5) is 0 Å². The molecule has 2 heterocycles. The van der Waals surface area contributed by atoms with Crippen LogP contribution in [-0.4, -0.2) is 9.55 Å². The smallest absolute Gasteiger partial charge is 0.125 e. The SMILES string of the molecule is Cc1cscc1Cn1c(CCl)nc2c(Cl)cccc21. The third kappa shape index (κ3) is 2.27. The Balaban J connectivity index is 2.16. The summed E-state index contributed by atoms with van der Waals surface area (Å²) < 4.78 is 2.14. The van der Waals surface area contributed by atoms with Gasteiger partial charge in [0.15, 0.2) is 0 Å². The van der Waals surface area contributed by atoms with Crippen molar-refractivity contribution >= 4 is 45.6 Å². The van der Waals surface area contributed by atoms with Gasteiger partial charge in [0.25, 0.3) is 0 Å². The van der Waals surface area contributed by atoms with Gasteiger partial charge in [-0.3, -0.25) is 0 Å². The second-order valence-electron chi connectivity index (χ2n) is 4.44. The van der Waals surface area contributed by atoms with E-state index in [0.29, 0.717) is 10.9 Å². The molecular formula is C14H12Cl2N2S. The first kappa shape index (κ1) is 13.0. The fraction of sp³-hybridized carbons (Fsp3) is 0.214. The molecule has 0 saturated carbocycles. The molecule has 0 aliphatic carbocycles. The lowest BCUT2D eigenvalue weighted by Gasteiger charge is -2.07. The van der Waals surface area contributed by atoms with Crippen LogP contribution in [-0.2, 0) is 12.4 Å². The summed E-state index contributed by atoms with van der Waals surface area (Å²) >= 11 is 13.9. The molecule has 0 atom stereocenters. The molecule has 0 bridgehead atoms. The minimum atomic E-state index is 0.383. The zero-order valence-corrected chi connectivity index (χ0v) is 12.7. The van der Waals surface area contributed by atoms with Crippen LogP contribution in [0.2, 0.25) is 5.02 Å². The molecule has 19 heavy (non-hydrogen) atoms. The summed E-state index contributed by atoms with van der Waals surface area (Å²) in [5, 5.41) is 5.00. The van der Waals surface area contributed by atoms with Crippen molar-refractivity contribution in [1.82, 2.24) is 9.55 Å². The Morgan fingerprint density at radius 3 is 2.84 bits per heavy atom. The number of alkyl halides is 1. The van der Waals surface area contributed by atoms with Gasteiger partial charge in [-0.25, -0.2) is 4.98 Å². The number of nitrogens with zero attached hydrogens (tertiary/aromatic N) is 2. The first-order valence-corrected chi connectivity index (χ1v) is 7.77. The summed E-state index contributed by atoms with van der Waals surface area (Å²) in [5.41, 5.74) is 4.46. The Morgan fingerprint density at radius 1 is 1.32 bits per heavy atom. The molecule has 0 spiro atoms. The van der Waals surface area contributed by atoms with E-state index in [1.54, 1.807) is 11.3 Å². The largest absolute Gasteiger partial charge is 0.322 e. The van der Waals surface area contributed by atoms with E-state index in [2.05, 4.69) is 27.2 Å². The van der Waals surface area contributed by atoms with Crippen LogP contribution in [0.25, 0.3) is 11.0 Å². The van der Waals surface area contributed by atoms with Crippen LogP contribution < -0.4 is 0 Å². The molecule has 0 amide bonds. The first-order valence-electron chi connectivity index (χ1n) is 5.92. The number of thiophene rings is 1. The number of fused-ring (bicyclic) bond motifs is 1. The summed E-state index contributed by atoms with van der Waals surface area (Å²) in [7, 11) is 0. The summed E-state index contributed by atoms with van der Waals surface area (Å²) in [6.07, 6.45) is 0. The molecule has 0 unspecified atom stereocenters. The summed E-state index contributed by atoms with van der Waals surface area (Å²) in [4.78, 5) is 4.54. The van der Waals surface area contributed by atoms with E-state index in [1.807, 2.05) is 18.2 Å². The monoisotopic (exact) mass is 310 g/mol. The Kier molecular flexibility index (Phi) is 3.52. The number of rotatable bonds is 3. The molecule has 5 heteroatoms. The van der Waals surface area contributed by atoms with Crippen LogP contribution in [0.3, 0.4) is 0 Å². The summed E-state index contributed by atoms with van der Waals surface area (Å²) in [6.45, 7) is 2.91. The predicted octanol–water partition coefficient (Wildman–Crippen LogP) is 4.85. The number of para-hydroxylation sites is 1. The molecule has 0 aliphatic heterocycles. The third-order valence-corrected chi connectivity index (χ3v) is 4.67. The van der Waals surface area contributed by atoms with Crippen molar-refractivity contribution in [2.75, 3.05) is 0 Å². The van der Waals surface area contributed by atoms with Gasteiger partial charge in [-0.15, -0.1) is 11.6 Å². The van der Waals surface area contributed by atoms with Crippen molar-refractivity contribution in [2.45, 2.75) is 19.3 Å². The second kappa shape index (κ2) is 5.16. The van der Waals surface area contributed by atoms with Crippen molar-refractivity contribution < 1.29 is 0 Å². The van der Waals surface area contributed by atoms with E-state index < -0.39 is 0 Å². The Labute approximate surface area is 125 Å². The predicted molar refractivity (Wildman–Crippen MR) is 82.5 cm³/mol. The van der Waals surface area contributed by atoms with Gasteiger partial charge >= 0.3 is 0 Å². The van der Waals surface area contributed by atoms with Gasteiger partial charge in [0, 0.05) is 0 Å². The highest BCUT2D eigenvalue weighted by molar-refractivity contribution is 7.08. The van der Waals surface area contributed by atoms with Crippen LogP contribution in [0.5, 0.6) is 0 Å². The van der Waals surface area contributed by atoms with Gasteiger partial charge in [0.2, 0.25) is 0 Å². The van der Waals surface area contributed by atoms with Gasteiger partial charge in [-0.1, -0.05) is 17.7 Å². The highest BCUT2D eigenvalue weighted by Crippen LogP contribution is 2.26. The van der Waals surface area contributed by atoms with Gasteiger partial charge in [-0.2, -0.15) is 11.3 Å². The molecule has 2 aromatic heterocycles. The standard InChI is InChI=1S/C14H12Cl2N2S/c1-9-7-19-8-10(9)6-18-12-4-2-3-11(16)14(12)17-13(18)5-15/h2-4,7-8H,5-6H2,1H3. The Bertz CT molecular complexity index is 730. The fourth-order valence-corrected chi connectivity index (χ4v) is 3.42. The number of halogens is 2. The van der Waals surface area contributed by atoms with Gasteiger partial charge in [-0.05, 0) is 40.9 Å². The molecule has 0 saturated heterocycles. The highest BCUT2D eigenvalue weighted by atomic mass is 35.5. The lowest BCUT2D eigenvalue weighted by Crippen LogP contribution is -2.03. The molecule has 0 fully saturated rings. The number of imidazole rings is 1. The number of aromatic nitrogens is 2. The minimum absolute atomic E-state index is 0.383. The highest BCUT2D eigenvalue weighted by Gasteiger charge is 2.13. The van der Waals surface area contributed by atoms with Crippen LogP contribution in [0.1, 0.15) is 17.0 Å². The normalized spacial score (nSPS) is 11.3. The molecule has 0 aliphatic rings. The number of hydrogen-bond donors (Lipinski definition) is 0. The summed E-state index contributed by atoms with van der Waals surface area (Å²) in [6, 6.07) is 5.84. The van der Waals surface area contributed by atoms with E-state index in [1.165, 1.54) is 11.1 Å². The van der Waals surface area contributed by atoms with Crippen molar-refractivity contribution in [3.8, 4) is 0 Å². The minimum Gasteiger partial charge on any atom is -0.322 e. The van der Waals surface area contributed by atoms with Gasteiger partial charge < -0.3 is 4.57 Å². The van der Waals surface area contributed by atoms with Crippen molar-refractivity contribution in [2.24, 2.45) is 0 Å². The van der Waals surface area contributed by atoms with E-state index in [4.69, 9.17) is 23.2 Å². The second-order valence-corrected chi connectivity index (χ2v) is 5.85. The van der Waals surface area contributed by atoms with Crippen LogP contribution in [0.15, 0.2) is 29.0 Å². The zero-order valence-electron chi connectivity index (χ0n) is 10.4. The molecule has 2 nitrogen and oxygen atoms in total. The van der Waals surface area contributed by atoms with E-state index in [0.717, 1.165) is 23.4 Å². The lowest BCUT2D eigenvalue weighted by atomic mass is 10.2. The Hall–Kier alpha value is -1.03. The first-order chi connectivity index (χ1) is 9.20. The Morgan fingerprint density at radius 2 is 2.16 bits per heavy atom. The zero-order chi connectivity index (χ0) is 13.4. The maximum atomic E-state index is 6.20. The topological polar surface area (TPSA) is 17.8 Å². The number of aryl methyl sites for hydroxylation is 1.